The zero-order valence-electron chi connectivity index (χ0n) is 11.6. The van der Waals surface area contributed by atoms with E-state index in [1.165, 1.54) is 16.6 Å². The van der Waals surface area contributed by atoms with Crippen LogP contribution in [-0.4, -0.2) is 48.6 Å². The van der Waals surface area contributed by atoms with Crippen LogP contribution in [0.15, 0.2) is 21.8 Å². The second-order valence-corrected chi connectivity index (χ2v) is 7.59. The lowest BCUT2D eigenvalue weighted by molar-refractivity contribution is -0.196. The van der Waals surface area contributed by atoms with Crippen molar-refractivity contribution in [3.63, 3.8) is 0 Å². The molecule has 1 saturated heterocycles. The van der Waals surface area contributed by atoms with Crippen LogP contribution in [0, 0.1) is 6.92 Å². The van der Waals surface area contributed by atoms with Crippen molar-refractivity contribution in [2.24, 2.45) is 0 Å². The molecule has 116 valence electrons. The summed E-state index contributed by atoms with van der Waals surface area (Å²) in [5, 5.41) is 9.03. The van der Waals surface area contributed by atoms with Gasteiger partial charge in [-0.25, -0.2) is 13.2 Å². The minimum absolute atomic E-state index is 0.152. The molecule has 21 heavy (non-hydrogen) atoms. The number of furan rings is 1. The number of carbonyl (C=O) groups is 1. The standard InChI is InChI=1S/C13H17NO6S/c1-9-5-11(19-7-9)21(17,18)14-6-10(12(15)16)20-13(8-14)3-2-4-13/h5,7,10H,2-4,6,8H2,1H3,(H,15,16). The lowest BCUT2D eigenvalue weighted by Gasteiger charge is -2.49. The van der Waals surface area contributed by atoms with E-state index in [-0.39, 0.29) is 18.2 Å². The van der Waals surface area contributed by atoms with Crippen LogP contribution < -0.4 is 0 Å². The molecule has 1 spiro atoms. The molecule has 1 aliphatic carbocycles. The van der Waals surface area contributed by atoms with Crippen molar-refractivity contribution in [1.29, 1.82) is 0 Å². The Balaban J connectivity index is 1.91. The Bertz CT molecular complexity index is 660. The van der Waals surface area contributed by atoms with Crippen molar-refractivity contribution >= 4 is 16.0 Å². The van der Waals surface area contributed by atoms with Gasteiger partial charge in [0.25, 0.3) is 10.0 Å². The van der Waals surface area contributed by atoms with E-state index in [0.717, 1.165) is 6.42 Å². The molecule has 1 saturated carbocycles. The van der Waals surface area contributed by atoms with Gasteiger partial charge in [0.15, 0.2) is 6.10 Å². The number of hydrogen-bond donors (Lipinski definition) is 1. The zero-order valence-corrected chi connectivity index (χ0v) is 12.4. The normalized spacial score (nSPS) is 25.7. The maximum absolute atomic E-state index is 12.6. The predicted molar refractivity (Wildman–Crippen MR) is 71.3 cm³/mol. The number of carboxylic acids is 1. The van der Waals surface area contributed by atoms with Crippen molar-refractivity contribution in [3.8, 4) is 0 Å². The highest BCUT2D eigenvalue weighted by Crippen LogP contribution is 2.41. The van der Waals surface area contributed by atoms with E-state index in [4.69, 9.17) is 9.15 Å². The fourth-order valence-corrected chi connectivity index (χ4v) is 4.27. The fourth-order valence-electron chi connectivity index (χ4n) is 2.77. The molecule has 2 heterocycles. The third kappa shape index (κ3) is 2.47. The number of rotatable bonds is 3. The third-order valence-electron chi connectivity index (χ3n) is 4.07. The predicted octanol–water partition coefficient (Wildman–Crippen LogP) is 0.985. The Labute approximate surface area is 122 Å². The number of carboxylic acid groups (broad SMARTS) is 1. The van der Waals surface area contributed by atoms with Gasteiger partial charge in [-0.15, -0.1) is 0 Å². The topological polar surface area (TPSA) is 97.1 Å². The molecular formula is C13H17NO6S. The van der Waals surface area contributed by atoms with Gasteiger partial charge in [0.1, 0.15) is 0 Å². The number of nitrogens with zero attached hydrogens (tertiary/aromatic N) is 1. The van der Waals surface area contributed by atoms with Crippen molar-refractivity contribution < 1.29 is 27.5 Å². The Morgan fingerprint density at radius 1 is 1.48 bits per heavy atom. The molecule has 1 aliphatic heterocycles. The van der Waals surface area contributed by atoms with Gasteiger partial charge in [-0.1, -0.05) is 0 Å². The van der Waals surface area contributed by atoms with Gasteiger partial charge in [-0.05, 0) is 31.7 Å². The highest BCUT2D eigenvalue weighted by molar-refractivity contribution is 7.89. The van der Waals surface area contributed by atoms with Crippen LogP contribution in [0.3, 0.4) is 0 Å². The summed E-state index contributed by atoms with van der Waals surface area (Å²) in [6.45, 7) is 1.72. The van der Waals surface area contributed by atoms with Crippen LogP contribution in [0.25, 0.3) is 0 Å². The molecule has 2 fully saturated rings. The number of sulfonamides is 1. The van der Waals surface area contributed by atoms with Gasteiger partial charge in [-0.2, -0.15) is 4.31 Å². The molecule has 0 radical (unpaired) electrons. The maximum atomic E-state index is 12.6. The smallest absolute Gasteiger partial charge is 0.334 e. The molecular weight excluding hydrogens is 298 g/mol. The first-order chi connectivity index (χ1) is 9.82. The van der Waals surface area contributed by atoms with Crippen LogP contribution in [0.1, 0.15) is 24.8 Å². The average molecular weight is 315 g/mol. The average Bonchev–Trinajstić information content (AvgIpc) is 2.83. The second-order valence-electron chi connectivity index (χ2n) is 5.72. The molecule has 1 N–H and O–H groups in total. The lowest BCUT2D eigenvalue weighted by atomic mass is 9.79. The second kappa shape index (κ2) is 4.82. The molecule has 0 amide bonds. The molecule has 1 aromatic heterocycles. The SMILES string of the molecule is Cc1coc(S(=O)(=O)N2CC(C(=O)O)OC3(CCC3)C2)c1. The van der Waals surface area contributed by atoms with Crippen molar-refractivity contribution in [3.05, 3.63) is 17.9 Å². The van der Waals surface area contributed by atoms with E-state index in [9.17, 15) is 18.3 Å². The summed E-state index contributed by atoms with van der Waals surface area (Å²) in [6, 6.07) is 1.44. The summed E-state index contributed by atoms with van der Waals surface area (Å²) in [4.78, 5) is 11.2. The van der Waals surface area contributed by atoms with Gasteiger partial charge in [0.05, 0.1) is 18.4 Å². The summed E-state index contributed by atoms with van der Waals surface area (Å²) in [5.41, 5.74) is 0.0469. The number of hydrogen-bond acceptors (Lipinski definition) is 5. The fraction of sp³-hybridized carbons (Fsp3) is 0.615. The van der Waals surface area contributed by atoms with Crippen LogP contribution >= 0.6 is 0 Å². The third-order valence-corrected chi connectivity index (χ3v) is 5.75. The molecule has 1 unspecified atom stereocenters. The highest BCUT2D eigenvalue weighted by atomic mass is 32.2. The number of aliphatic carboxylic acids is 1. The molecule has 2 aliphatic rings. The van der Waals surface area contributed by atoms with Gasteiger partial charge >= 0.3 is 5.97 Å². The minimum atomic E-state index is -3.83. The molecule has 1 atom stereocenters. The first kappa shape index (κ1) is 14.6. The first-order valence-electron chi connectivity index (χ1n) is 6.78. The maximum Gasteiger partial charge on any atom is 0.334 e. The van der Waals surface area contributed by atoms with Crippen LogP contribution in [0.5, 0.6) is 0 Å². The molecule has 1 aromatic rings. The summed E-state index contributed by atoms with van der Waals surface area (Å²) in [5.74, 6) is -1.14. The molecule has 0 aromatic carbocycles. The zero-order chi connectivity index (χ0) is 15.3. The number of aryl methyl sites for hydroxylation is 1. The van der Waals surface area contributed by atoms with Crippen molar-refractivity contribution in [2.75, 3.05) is 13.1 Å². The minimum Gasteiger partial charge on any atom is -0.479 e. The lowest BCUT2D eigenvalue weighted by Crippen LogP contribution is -2.61. The van der Waals surface area contributed by atoms with Gasteiger partial charge in [-0.3, -0.25) is 0 Å². The Morgan fingerprint density at radius 3 is 2.67 bits per heavy atom. The largest absolute Gasteiger partial charge is 0.479 e. The molecule has 7 nitrogen and oxygen atoms in total. The summed E-state index contributed by atoms with van der Waals surface area (Å²) < 4.78 is 37.0. The molecule has 8 heteroatoms. The van der Waals surface area contributed by atoms with Crippen molar-refractivity contribution in [2.45, 2.75) is 43.0 Å². The Hall–Kier alpha value is -1.38. The van der Waals surface area contributed by atoms with E-state index in [0.29, 0.717) is 18.4 Å². The van der Waals surface area contributed by atoms with Crippen LogP contribution in [-0.2, 0) is 19.6 Å². The van der Waals surface area contributed by atoms with E-state index >= 15 is 0 Å². The van der Waals surface area contributed by atoms with E-state index < -0.39 is 27.7 Å². The summed E-state index contributed by atoms with van der Waals surface area (Å²) in [7, 11) is -3.83. The summed E-state index contributed by atoms with van der Waals surface area (Å²) >= 11 is 0. The monoisotopic (exact) mass is 315 g/mol. The van der Waals surface area contributed by atoms with Crippen LogP contribution in [0.2, 0.25) is 0 Å². The van der Waals surface area contributed by atoms with Crippen molar-refractivity contribution in [1.82, 2.24) is 4.31 Å². The van der Waals surface area contributed by atoms with E-state index in [1.807, 2.05) is 0 Å². The Kier molecular flexibility index (Phi) is 3.34. The van der Waals surface area contributed by atoms with E-state index in [1.54, 1.807) is 6.92 Å². The molecule has 3 rings (SSSR count). The highest BCUT2D eigenvalue weighted by Gasteiger charge is 2.50. The first-order valence-corrected chi connectivity index (χ1v) is 8.22. The number of morpholine rings is 1. The van der Waals surface area contributed by atoms with E-state index in [2.05, 4.69) is 0 Å². The quantitative estimate of drug-likeness (QED) is 0.893. The van der Waals surface area contributed by atoms with Gasteiger partial charge in [0.2, 0.25) is 5.09 Å². The van der Waals surface area contributed by atoms with Gasteiger partial charge in [0, 0.05) is 12.6 Å². The number of ether oxygens (including phenoxy) is 1. The Morgan fingerprint density at radius 2 is 2.19 bits per heavy atom. The summed E-state index contributed by atoms with van der Waals surface area (Å²) in [6.07, 6.45) is 2.51. The van der Waals surface area contributed by atoms with Crippen LogP contribution in [0.4, 0.5) is 0 Å². The van der Waals surface area contributed by atoms with Gasteiger partial charge < -0.3 is 14.3 Å². The molecule has 0 bridgehead atoms.